The van der Waals surface area contributed by atoms with Crippen LogP contribution in [0.5, 0.6) is 0 Å². The molecule has 0 bridgehead atoms. The van der Waals surface area contributed by atoms with Crippen molar-refractivity contribution in [2.24, 2.45) is 0 Å². The van der Waals surface area contributed by atoms with Gasteiger partial charge in [-0.3, -0.25) is 4.79 Å². The number of carboxylic acids is 1. The quantitative estimate of drug-likeness (QED) is 0.683. The summed E-state index contributed by atoms with van der Waals surface area (Å²) in [7, 11) is 0. The maximum atomic E-state index is 13.6. The third kappa shape index (κ3) is 6.25. The first kappa shape index (κ1) is 21.8. The van der Waals surface area contributed by atoms with E-state index in [1.54, 1.807) is 20.8 Å². The van der Waals surface area contributed by atoms with Crippen molar-refractivity contribution in [1.82, 2.24) is 5.32 Å². The van der Waals surface area contributed by atoms with Gasteiger partial charge in [0.05, 0.1) is 6.10 Å². The topological polar surface area (TPSA) is 95.9 Å². The Morgan fingerprint density at radius 2 is 1.73 bits per heavy atom. The van der Waals surface area contributed by atoms with E-state index in [0.29, 0.717) is 6.07 Å². The molecule has 2 unspecified atom stereocenters. The zero-order chi connectivity index (χ0) is 20.1. The lowest BCUT2D eigenvalue weighted by molar-refractivity contribution is -0.144. The van der Waals surface area contributed by atoms with E-state index >= 15 is 0 Å². The van der Waals surface area contributed by atoms with Crippen LogP contribution >= 0.6 is 0 Å². The van der Waals surface area contributed by atoms with Crippen LogP contribution in [-0.4, -0.2) is 40.5 Å². The van der Waals surface area contributed by atoms with Gasteiger partial charge in [-0.2, -0.15) is 0 Å². The van der Waals surface area contributed by atoms with E-state index in [-0.39, 0.29) is 18.4 Å². The predicted molar refractivity (Wildman–Crippen MR) is 90.8 cm³/mol. The molecule has 1 aromatic carbocycles. The lowest BCUT2D eigenvalue weighted by Crippen LogP contribution is -2.48. The highest BCUT2D eigenvalue weighted by Crippen LogP contribution is 2.31. The summed E-state index contributed by atoms with van der Waals surface area (Å²) in [6.07, 6.45) is -1.76. The molecule has 0 fully saturated rings. The van der Waals surface area contributed by atoms with Gasteiger partial charge in [0.15, 0.2) is 0 Å². The molecule has 0 aliphatic heterocycles. The summed E-state index contributed by atoms with van der Waals surface area (Å²) in [5.74, 6) is -3.24. The maximum Gasteiger partial charge on any atom is 0.407 e. The number of aliphatic hydroxyl groups is 1. The molecule has 1 aromatic rings. The summed E-state index contributed by atoms with van der Waals surface area (Å²) in [4.78, 5) is 23.9. The number of carbonyl (C=O) groups is 2. The number of aliphatic hydroxyl groups excluding tert-OH is 1. The Morgan fingerprint density at radius 1 is 1.19 bits per heavy atom. The van der Waals surface area contributed by atoms with Gasteiger partial charge in [0, 0.05) is 12.6 Å². The number of amides is 1. The number of rotatable bonds is 7. The van der Waals surface area contributed by atoms with Gasteiger partial charge in [-0.25, -0.2) is 13.6 Å². The molecule has 1 amide bonds. The Hall–Kier alpha value is -2.22. The highest BCUT2D eigenvalue weighted by molar-refractivity contribution is 5.82. The monoisotopic (exact) mass is 373 g/mol. The van der Waals surface area contributed by atoms with Crippen LogP contribution in [0.1, 0.15) is 46.1 Å². The first-order valence-corrected chi connectivity index (χ1v) is 8.20. The lowest BCUT2D eigenvalue weighted by Gasteiger charge is -2.31. The Balaban J connectivity index is 3.22. The summed E-state index contributed by atoms with van der Waals surface area (Å²) >= 11 is 0. The van der Waals surface area contributed by atoms with E-state index < -0.39 is 47.4 Å². The average Bonchev–Trinajstić information content (AvgIpc) is 2.44. The molecule has 3 N–H and O–H groups in total. The van der Waals surface area contributed by atoms with Crippen LogP contribution in [0, 0.1) is 11.6 Å². The van der Waals surface area contributed by atoms with Crippen LogP contribution in [0.15, 0.2) is 18.2 Å². The second-order valence-corrected chi connectivity index (χ2v) is 7.29. The van der Waals surface area contributed by atoms with E-state index in [1.807, 2.05) is 0 Å². The minimum Gasteiger partial charge on any atom is -0.481 e. The van der Waals surface area contributed by atoms with E-state index in [0.717, 1.165) is 12.1 Å². The zero-order valence-electron chi connectivity index (χ0n) is 15.3. The standard InChI is InChI=1S/C18H25F2NO5/c1-11(22)5-6-18(15(23)24,10-21-16(25)26-17(2,3)4)12-7-13(19)9-14(20)8-12/h7-9,11,22H,5-6,10H2,1-4H3,(H,21,25)(H,23,24). The van der Waals surface area contributed by atoms with Crippen LogP contribution in [0.2, 0.25) is 0 Å². The fourth-order valence-corrected chi connectivity index (χ4v) is 2.46. The van der Waals surface area contributed by atoms with E-state index in [9.17, 15) is 28.6 Å². The number of aliphatic carboxylic acids is 1. The second-order valence-electron chi connectivity index (χ2n) is 7.29. The van der Waals surface area contributed by atoms with Crippen LogP contribution in [0.3, 0.4) is 0 Å². The molecule has 1 rings (SSSR count). The van der Waals surface area contributed by atoms with Gasteiger partial charge in [-0.15, -0.1) is 0 Å². The fraction of sp³-hybridized carbons (Fsp3) is 0.556. The molecule has 146 valence electrons. The number of carboxylic acid groups (broad SMARTS) is 1. The van der Waals surface area contributed by atoms with Crippen molar-refractivity contribution in [2.75, 3.05) is 6.54 Å². The molecule has 0 heterocycles. The Bertz CT molecular complexity index is 637. The first-order valence-electron chi connectivity index (χ1n) is 8.20. The third-order valence-corrected chi connectivity index (χ3v) is 3.75. The van der Waals surface area contributed by atoms with Gasteiger partial charge < -0.3 is 20.3 Å². The van der Waals surface area contributed by atoms with Gasteiger partial charge >= 0.3 is 12.1 Å². The zero-order valence-corrected chi connectivity index (χ0v) is 15.3. The molecule has 0 spiro atoms. The predicted octanol–water partition coefficient (Wildman–Crippen LogP) is 2.97. The summed E-state index contributed by atoms with van der Waals surface area (Å²) in [5.41, 5.74) is -2.75. The summed E-state index contributed by atoms with van der Waals surface area (Å²) in [5, 5.41) is 21.7. The molecular weight excluding hydrogens is 348 g/mol. The Morgan fingerprint density at radius 3 is 2.15 bits per heavy atom. The largest absolute Gasteiger partial charge is 0.481 e. The number of carbonyl (C=O) groups excluding carboxylic acids is 1. The highest BCUT2D eigenvalue weighted by Gasteiger charge is 2.41. The molecule has 0 saturated carbocycles. The molecule has 0 aliphatic rings. The van der Waals surface area contributed by atoms with Gasteiger partial charge in [0.25, 0.3) is 0 Å². The number of hydrogen-bond acceptors (Lipinski definition) is 4. The minimum atomic E-state index is -1.82. The van der Waals surface area contributed by atoms with Crippen LogP contribution in [0.4, 0.5) is 13.6 Å². The molecule has 0 saturated heterocycles. The molecule has 0 aromatic heterocycles. The van der Waals surface area contributed by atoms with Crippen molar-refractivity contribution in [3.63, 3.8) is 0 Å². The summed E-state index contributed by atoms with van der Waals surface area (Å²) in [6.45, 7) is 5.96. The van der Waals surface area contributed by atoms with Crippen molar-refractivity contribution < 1.29 is 33.3 Å². The van der Waals surface area contributed by atoms with E-state index in [2.05, 4.69) is 5.32 Å². The van der Waals surface area contributed by atoms with Crippen molar-refractivity contribution in [3.8, 4) is 0 Å². The number of halogens is 2. The average molecular weight is 373 g/mol. The highest BCUT2D eigenvalue weighted by atomic mass is 19.1. The minimum absolute atomic E-state index is 0.0560. The summed E-state index contributed by atoms with van der Waals surface area (Å²) in [6, 6.07) is 2.46. The van der Waals surface area contributed by atoms with Crippen molar-refractivity contribution in [3.05, 3.63) is 35.4 Å². The molecule has 8 heteroatoms. The Labute approximate surface area is 151 Å². The SMILES string of the molecule is CC(O)CCC(CNC(=O)OC(C)(C)C)(C(=O)O)c1cc(F)cc(F)c1. The van der Waals surface area contributed by atoms with E-state index in [4.69, 9.17) is 4.74 Å². The number of alkyl carbamates (subject to hydrolysis) is 1. The molecule has 0 radical (unpaired) electrons. The second kappa shape index (κ2) is 8.44. The summed E-state index contributed by atoms with van der Waals surface area (Å²) < 4.78 is 32.4. The molecule has 26 heavy (non-hydrogen) atoms. The van der Waals surface area contributed by atoms with Crippen molar-refractivity contribution in [2.45, 2.75) is 57.7 Å². The smallest absolute Gasteiger partial charge is 0.407 e. The number of benzene rings is 1. The number of ether oxygens (including phenoxy) is 1. The van der Waals surface area contributed by atoms with Gasteiger partial charge in [-0.05, 0) is 58.2 Å². The Kier molecular flexibility index (Phi) is 7.08. The van der Waals surface area contributed by atoms with Gasteiger partial charge in [-0.1, -0.05) is 0 Å². The molecule has 6 nitrogen and oxygen atoms in total. The molecular formula is C18H25F2NO5. The van der Waals surface area contributed by atoms with Gasteiger partial charge in [0.2, 0.25) is 0 Å². The number of hydrogen-bond donors (Lipinski definition) is 3. The maximum absolute atomic E-state index is 13.6. The fourth-order valence-electron chi connectivity index (χ4n) is 2.46. The first-order chi connectivity index (χ1) is 11.9. The lowest BCUT2D eigenvalue weighted by atomic mass is 9.75. The van der Waals surface area contributed by atoms with Crippen LogP contribution < -0.4 is 5.32 Å². The third-order valence-electron chi connectivity index (χ3n) is 3.75. The van der Waals surface area contributed by atoms with Crippen LogP contribution in [-0.2, 0) is 14.9 Å². The van der Waals surface area contributed by atoms with E-state index in [1.165, 1.54) is 6.92 Å². The molecule has 2 atom stereocenters. The molecule has 0 aliphatic carbocycles. The van der Waals surface area contributed by atoms with Crippen molar-refractivity contribution in [1.29, 1.82) is 0 Å². The normalized spacial score (nSPS) is 15.0. The van der Waals surface area contributed by atoms with Crippen molar-refractivity contribution >= 4 is 12.1 Å². The van der Waals surface area contributed by atoms with Crippen LogP contribution in [0.25, 0.3) is 0 Å². The number of nitrogens with one attached hydrogen (secondary N) is 1. The van der Waals surface area contributed by atoms with Gasteiger partial charge in [0.1, 0.15) is 22.7 Å².